The van der Waals surface area contributed by atoms with Gasteiger partial charge in [-0.3, -0.25) is 0 Å². The van der Waals surface area contributed by atoms with Gasteiger partial charge in [0.05, 0.1) is 12.1 Å². The summed E-state index contributed by atoms with van der Waals surface area (Å²) < 4.78 is 5.25. The second-order valence-electron chi connectivity index (χ2n) is 5.46. The van der Waals surface area contributed by atoms with Crippen LogP contribution in [0.25, 0.3) is 0 Å². The zero-order chi connectivity index (χ0) is 15.4. The molecule has 0 N–H and O–H groups in total. The second kappa shape index (κ2) is 6.86. The Bertz CT molecular complexity index is 573. The largest absolute Gasteiger partial charge is 0.495 e. The van der Waals surface area contributed by atoms with E-state index in [1.54, 1.807) is 14.0 Å². The fraction of sp³-hybridized carbons (Fsp3) is 0.467. The van der Waals surface area contributed by atoms with E-state index < -0.39 is 0 Å². The van der Waals surface area contributed by atoms with Gasteiger partial charge in [0.25, 0.3) is 6.71 Å². The number of hydrogen-bond donors (Lipinski definition) is 0. The molecule has 0 amide bonds. The Morgan fingerprint density at radius 2 is 2.38 bits per heavy atom. The van der Waals surface area contributed by atoms with E-state index >= 15 is 0 Å². The maximum absolute atomic E-state index is 11.4. The van der Waals surface area contributed by atoms with Crippen molar-refractivity contribution in [3.8, 4) is 11.7 Å². The first-order valence-corrected chi connectivity index (χ1v) is 7.40. The average molecular weight is 305 g/mol. The monoisotopic (exact) mass is 304 g/mol. The number of carbonyl (C=O) groups is 1. The molecule has 1 aliphatic rings. The first-order chi connectivity index (χ1) is 10.0. The van der Waals surface area contributed by atoms with Crippen molar-refractivity contribution in [2.75, 3.05) is 25.1 Å². The maximum atomic E-state index is 11.4. The Morgan fingerprint density at radius 1 is 1.62 bits per heavy atom. The summed E-state index contributed by atoms with van der Waals surface area (Å²) in [7, 11) is 1.59. The molecular weight excluding hydrogens is 286 g/mol. The summed E-state index contributed by atoms with van der Waals surface area (Å²) in [6.45, 7) is 3.05. The van der Waals surface area contributed by atoms with Gasteiger partial charge in [0.15, 0.2) is 0 Å². The molecule has 0 spiro atoms. The van der Waals surface area contributed by atoms with Crippen molar-refractivity contribution in [3.63, 3.8) is 0 Å². The molecule has 21 heavy (non-hydrogen) atoms. The quantitative estimate of drug-likeness (QED) is 0.802. The van der Waals surface area contributed by atoms with Gasteiger partial charge in [0.1, 0.15) is 11.5 Å². The third kappa shape index (κ3) is 3.71. The first-order valence-electron chi connectivity index (χ1n) is 7.02. The number of nitriles is 1. The van der Waals surface area contributed by atoms with Crippen molar-refractivity contribution < 1.29 is 9.53 Å². The second-order valence-corrected chi connectivity index (χ2v) is 5.86. The van der Waals surface area contributed by atoms with Crippen LogP contribution in [0.5, 0.6) is 5.75 Å². The van der Waals surface area contributed by atoms with Gasteiger partial charge in [0, 0.05) is 37.2 Å². The van der Waals surface area contributed by atoms with Crippen molar-refractivity contribution in [1.82, 2.24) is 0 Å². The number of benzene rings is 1. The molecule has 2 rings (SSSR count). The van der Waals surface area contributed by atoms with Gasteiger partial charge in [-0.05, 0) is 31.2 Å². The summed E-state index contributed by atoms with van der Waals surface area (Å²) in [5, 5.41) is 9.81. The molecule has 1 aromatic carbocycles. The Balaban J connectivity index is 2.18. The Hall–Kier alpha value is -1.67. The highest BCUT2D eigenvalue weighted by Gasteiger charge is 2.33. The molecule has 1 aromatic rings. The third-order valence-electron chi connectivity index (χ3n) is 3.95. The normalized spacial score (nSPS) is 18.3. The van der Waals surface area contributed by atoms with E-state index in [0.29, 0.717) is 23.7 Å². The molecule has 6 heteroatoms. The van der Waals surface area contributed by atoms with Crippen LogP contribution in [-0.4, -0.2) is 32.7 Å². The van der Waals surface area contributed by atoms with Crippen LogP contribution in [0.3, 0.4) is 0 Å². The molecule has 0 radical (unpaired) electrons. The van der Waals surface area contributed by atoms with Gasteiger partial charge >= 0.3 is 0 Å². The van der Waals surface area contributed by atoms with Crippen LogP contribution in [0.15, 0.2) is 18.2 Å². The molecular formula is C15H18BClN2O2. The summed E-state index contributed by atoms with van der Waals surface area (Å²) in [4.78, 5) is 13.6. The molecule has 4 nitrogen and oxygen atoms in total. The minimum atomic E-state index is -0.0423. The van der Waals surface area contributed by atoms with E-state index in [1.165, 1.54) is 0 Å². The SMILES string of the molecule is COc1cc(N2CCB(C#N)C(CC(C)=O)C2)ccc1Cl. The molecule has 0 aliphatic carbocycles. The van der Waals surface area contributed by atoms with E-state index in [0.717, 1.165) is 18.6 Å². The number of rotatable bonds is 4. The van der Waals surface area contributed by atoms with Crippen LogP contribution >= 0.6 is 11.6 Å². The minimum absolute atomic E-state index is 0.0423. The number of halogens is 1. The van der Waals surface area contributed by atoms with Crippen molar-refractivity contribution in [3.05, 3.63) is 23.2 Å². The molecule has 1 saturated heterocycles. The summed E-state index contributed by atoms with van der Waals surface area (Å²) in [5.74, 6) is 3.20. The lowest BCUT2D eigenvalue weighted by atomic mass is 9.38. The molecule has 1 unspecified atom stereocenters. The van der Waals surface area contributed by atoms with E-state index in [9.17, 15) is 10.1 Å². The molecule has 0 aromatic heterocycles. The molecule has 1 heterocycles. The topological polar surface area (TPSA) is 53.3 Å². The molecule has 1 fully saturated rings. The highest BCUT2D eigenvalue weighted by atomic mass is 35.5. The van der Waals surface area contributed by atoms with E-state index in [1.807, 2.05) is 18.2 Å². The summed E-state index contributed by atoms with van der Waals surface area (Å²) in [6, 6.07) is 5.66. The lowest BCUT2D eigenvalue weighted by molar-refractivity contribution is -0.117. The molecule has 0 bridgehead atoms. The molecule has 110 valence electrons. The number of nitrogens with zero attached hydrogens (tertiary/aromatic N) is 2. The standard InChI is InChI=1S/C15H18BClN2O2/c1-11(20)7-12-9-19(6-5-16(12)10-18)13-3-4-14(17)15(8-13)21-2/h3-4,8,12H,5-7,9H2,1-2H3. The molecule has 1 atom stereocenters. The van der Waals surface area contributed by atoms with Crippen molar-refractivity contribution in [2.45, 2.75) is 25.5 Å². The van der Waals surface area contributed by atoms with Crippen molar-refractivity contribution in [2.24, 2.45) is 0 Å². The van der Waals surface area contributed by atoms with Crippen LogP contribution in [0, 0.1) is 11.2 Å². The smallest absolute Gasteiger partial charge is 0.274 e. The Morgan fingerprint density at radius 3 is 3.00 bits per heavy atom. The highest BCUT2D eigenvalue weighted by Crippen LogP contribution is 2.33. The van der Waals surface area contributed by atoms with Crippen LogP contribution in [0.2, 0.25) is 17.2 Å². The fourth-order valence-corrected chi connectivity index (χ4v) is 3.05. The molecule has 1 aliphatic heterocycles. The zero-order valence-electron chi connectivity index (χ0n) is 12.3. The van der Waals surface area contributed by atoms with Crippen LogP contribution < -0.4 is 9.64 Å². The summed E-state index contributed by atoms with van der Waals surface area (Å²) in [5.41, 5.74) is 1.01. The number of ketones is 1. The Kier molecular flexibility index (Phi) is 5.14. The van der Waals surface area contributed by atoms with Crippen LogP contribution in [0.4, 0.5) is 5.69 Å². The number of methoxy groups -OCH3 is 1. The predicted molar refractivity (Wildman–Crippen MR) is 85.4 cm³/mol. The maximum Gasteiger partial charge on any atom is 0.274 e. The van der Waals surface area contributed by atoms with Crippen molar-refractivity contribution >= 4 is 29.8 Å². The highest BCUT2D eigenvalue weighted by molar-refractivity contribution is 6.69. The third-order valence-corrected chi connectivity index (χ3v) is 4.26. The van der Waals surface area contributed by atoms with Crippen LogP contribution in [0.1, 0.15) is 13.3 Å². The predicted octanol–water partition coefficient (Wildman–Crippen LogP) is 3.08. The lowest BCUT2D eigenvalue weighted by Gasteiger charge is -2.35. The molecule has 0 saturated carbocycles. The van der Waals surface area contributed by atoms with Gasteiger partial charge in [-0.2, -0.15) is 0 Å². The van der Waals surface area contributed by atoms with Crippen molar-refractivity contribution in [1.29, 1.82) is 5.26 Å². The zero-order valence-corrected chi connectivity index (χ0v) is 13.1. The number of hydrogen-bond acceptors (Lipinski definition) is 4. The summed E-state index contributed by atoms with van der Waals surface area (Å²) in [6.07, 6.45) is 1.23. The van der Waals surface area contributed by atoms with Crippen LogP contribution in [-0.2, 0) is 4.79 Å². The average Bonchev–Trinajstić information content (AvgIpc) is 2.47. The number of carbonyl (C=O) groups excluding carboxylic acids is 1. The first kappa shape index (κ1) is 15.7. The number of Topliss-reactive ketones (excluding diaryl/α,β-unsaturated/α-hetero) is 1. The number of anilines is 1. The van der Waals surface area contributed by atoms with Gasteiger partial charge in [-0.15, -0.1) is 0 Å². The van der Waals surface area contributed by atoms with Gasteiger partial charge in [-0.25, -0.2) is 5.26 Å². The van der Waals surface area contributed by atoms with E-state index in [2.05, 4.69) is 10.9 Å². The van der Waals surface area contributed by atoms with Gasteiger partial charge < -0.3 is 14.4 Å². The minimum Gasteiger partial charge on any atom is -0.495 e. The summed E-state index contributed by atoms with van der Waals surface area (Å²) >= 11 is 6.05. The Labute approximate surface area is 130 Å². The van der Waals surface area contributed by atoms with Gasteiger partial charge in [-0.1, -0.05) is 11.6 Å². The van der Waals surface area contributed by atoms with E-state index in [4.69, 9.17) is 16.3 Å². The van der Waals surface area contributed by atoms with E-state index in [-0.39, 0.29) is 18.3 Å². The lowest BCUT2D eigenvalue weighted by Crippen LogP contribution is -2.42. The number of ether oxygens (including phenoxy) is 1. The van der Waals surface area contributed by atoms with Gasteiger partial charge in [0.2, 0.25) is 0 Å². The fourth-order valence-electron chi connectivity index (χ4n) is 2.86.